The summed E-state index contributed by atoms with van der Waals surface area (Å²) in [5, 5.41) is 2.75. The van der Waals surface area contributed by atoms with Gasteiger partial charge in [0.2, 0.25) is 0 Å². The second kappa shape index (κ2) is 11.4. The Balaban J connectivity index is 1.88. The highest BCUT2D eigenvalue weighted by molar-refractivity contribution is 7.95. The van der Waals surface area contributed by atoms with Crippen molar-refractivity contribution in [2.24, 2.45) is 4.36 Å². The Labute approximate surface area is 207 Å². The maximum absolute atomic E-state index is 13.1. The molecule has 2 aromatic heterocycles. The number of hydrogen-bond acceptors (Lipinski definition) is 9. The zero-order valence-electron chi connectivity index (χ0n) is 19.7. The van der Waals surface area contributed by atoms with E-state index in [4.69, 9.17) is 4.42 Å². The molecule has 0 aliphatic carbocycles. The van der Waals surface area contributed by atoms with Crippen LogP contribution in [0.1, 0.15) is 26.5 Å². The second-order valence-corrected chi connectivity index (χ2v) is 9.84. The Hall–Kier alpha value is -4.32. The van der Waals surface area contributed by atoms with Crippen LogP contribution in [-0.4, -0.2) is 58.7 Å². The summed E-state index contributed by atoms with van der Waals surface area (Å²) in [5.74, 6) is -4.45. The van der Waals surface area contributed by atoms with E-state index in [1.807, 2.05) is 0 Å². The van der Waals surface area contributed by atoms with Gasteiger partial charge in [0, 0.05) is 29.2 Å². The summed E-state index contributed by atoms with van der Waals surface area (Å²) in [6.45, 7) is 1.75. The molecule has 0 bridgehead atoms. The molecule has 12 heteroatoms. The number of rotatable bonds is 8. The van der Waals surface area contributed by atoms with Gasteiger partial charge in [-0.2, -0.15) is 4.36 Å². The normalized spacial score (nSPS) is 10.9. The van der Waals surface area contributed by atoms with Crippen molar-refractivity contribution in [3.8, 4) is 11.1 Å². The lowest BCUT2D eigenvalue weighted by Gasteiger charge is -2.09. The van der Waals surface area contributed by atoms with Gasteiger partial charge in [0.25, 0.3) is 11.8 Å². The van der Waals surface area contributed by atoms with Crippen molar-refractivity contribution >= 4 is 39.2 Å². The molecule has 0 aliphatic rings. The number of nitrogens with zero attached hydrogens (tertiary/aromatic N) is 2. The van der Waals surface area contributed by atoms with Crippen molar-refractivity contribution in [2.45, 2.75) is 6.92 Å². The average Bonchev–Trinajstić information content (AvgIpc) is 3.29. The lowest BCUT2D eigenvalue weighted by molar-refractivity contribution is -0.137. The van der Waals surface area contributed by atoms with Gasteiger partial charge in [-0.05, 0) is 36.8 Å². The van der Waals surface area contributed by atoms with Crippen LogP contribution in [0.3, 0.4) is 0 Å². The molecule has 0 radical (unpaired) electrons. The largest absolute Gasteiger partial charge is 0.468 e. The molecular formula is C24H23N3O8S. The first-order valence-corrected chi connectivity index (χ1v) is 12.3. The van der Waals surface area contributed by atoms with E-state index in [1.165, 1.54) is 24.7 Å². The minimum absolute atomic E-state index is 0.0180. The molecule has 0 saturated heterocycles. The number of hydrogen-bond donors (Lipinski definition) is 1. The van der Waals surface area contributed by atoms with Gasteiger partial charge in [0.05, 0.1) is 35.8 Å². The standard InChI is InChI=1S/C24H23N3O8S/c1-15-7-8-35-22(15)24(31)26-19-6-4-5-16(10-19)17-9-18(12-25-11-17)23(30)27-36(32,13-20(28)33-2)14-21(29)34-3/h4-12H,13-14H2,1-3H3,(H,26,31). The van der Waals surface area contributed by atoms with Crippen molar-refractivity contribution in [1.82, 2.24) is 4.98 Å². The van der Waals surface area contributed by atoms with Crippen LogP contribution >= 0.6 is 0 Å². The molecule has 0 atom stereocenters. The summed E-state index contributed by atoms with van der Waals surface area (Å²) < 4.78 is 31.0. The molecule has 2 amide bonds. The van der Waals surface area contributed by atoms with E-state index in [-0.39, 0.29) is 11.3 Å². The number of carbonyl (C=O) groups excluding carboxylic acids is 4. The van der Waals surface area contributed by atoms with Crippen molar-refractivity contribution in [1.29, 1.82) is 0 Å². The molecule has 36 heavy (non-hydrogen) atoms. The molecule has 0 fully saturated rings. The minimum Gasteiger partial charge on any atom is -0.468 e. The number of amides is 2. The molecule has 0 spiro atoms. The summed E-state index contributed by atoms with van der Waals surface area (Å²) in [7, 11) is -1.47. The van der Waals surface area contributed by atoms with Gasteiger partial charge in [-0.25, -0.2) is 4.21 Å². The number of furan rings is 1. The highest BCUT2D eigenvalue weighted by Crippen LogP contribution is 2.24. The van der Waals surface area contributed by atoms with Crippen LogP contribution in [0.5, 0.6) is 0 Å². The van der Waals surface area contributed by atoms with E-state index in [2.05, 4.69) is 24.1 Å². The minimum atomic E-state index is -3.64. The number of benzene rings is 1. The Morgan fingerprint density at radius 2 is 1.69 bits per heavy atom. The summed E-state index contributed by atoms with van der Waals surface area (Å²) in [6.07, 6.45) is 4.14. The quantitative estimate of drug-likeness (QED) is 0.448. The van der Waals surface area contributed by atoms with Crippen LogP contribution in [0.2, 0.25) is 0 Å². The van der Waals surface area contributed by atoms with Gasteiger partial charge in [0.15, 0.2) is 5.76 Å². The number of aromatic nitrogens is 1. The molecule has 0 aliphatic heterocycles. The van der Waals surface area contributed by atoms with Crippen LogP contribution in [0, 0.1) is 6.92 Å². The summed E-state index contributed by atoms with van der Waals surface area (Å²) in [6, 6.07) is 9.96. The first kappa shape index (κ1) is 26.3. The maximum atomic E-state index is 13.1. The molecule has 0 saturated carbocycles. The van der Waals surface area contributed by atoms with Gasteiger partial charge >= 0.3 is 11.9 Å². The summed E-state index contributed by atoms with van der Waals surface area (Å²) in [5.41, 5.74) is 2.29. The van der Waals surface area contributed by atoms with Gasteiger partial charge in [-0.15, -0.1) is 0 Å². The van der Waals surface area contributed by atoms with Gasteiger partial charge in [0.1, 0.15) is 11.5 Å². The molecule has 0 unspecified atom stereocenters. The molecule has 1 aromatic carbocycles. The summed E-state index contributed by atoms with van der Waals surface area (Å²) in [4.78, 5) is 52.7. The number of ether oxygens (including phenoxy) is 2. The fraction of sp³-hybridized carbons (Fsp3) is 0.208. The van der Waals surface area contributed by atoms with Crippen molar-refractivity contribution in [3.63, 3.8) is 0 Å². The fourth-order valence-corrected chi connectivity index (χ4v) is 4.70. The Morgan fingerprint density at radius 3 is 2.31 bits per heavy atom. The third kappa shape index (κ3) is 6.63. The van der Waals surface area contributed by atoms with Crippen molar-refractivity contribution in [2.75, 3.05) is 31.0 Å². The van der Waals surface area contributed by atoms with Gasteiger partial charge < -0.3 is 19.2 Å². The van der Waals surface area contributed by atoms with Gasteiger partial charge in [-0.1, -0.05) is 12.1 Å². The van der Waals surface area contributed by atoms with Gasteiger partial charge in [-0.3, -0.25) is 24.2 Å². The Bertz CT molecular complexity index is 1410. The Morgan fingerprint density at radius 1 is 1.00 bits per heavy atom. The molecular weight excluding hydrogens is 490 g/mol. The monoisotopic (exact) mass is 513 g/mol. The zero-order chi connectivity index (χ0) is 26.3. The number of esters is 2. The second-order valence-electron chi connectivity index (χ2n) is 7.54. The van der Waals surface area contributed by atoms with Crippen molar-refractivity contribution < 1.29 is 37.3 Å². The van der Waals surface area contributed by atoms with Crippen LogP contribution in [0.4, 0.5) is 5.69 Å². The van der Waals surface area contributed by atoms with E-state index in [1.54, 1.807) is 37.3 Å². The lowest BCUT2D eigenvalue weighted by atomic mass is 10.1. The number of carbonyl (C=O) groups is 4. The predicted molar refractivity (Wildman–Crippen MR) is 130 cm³/mol. The van der Waals surface area contributed by atoms with Crippen LogP contribution in [-0.2, 0) is 28.8 Å². The van der Waals surface area contributed by atoms with E-state index in [0.29, 0.717) is 22.4 Å². The molecule has 2 heterocycles. The smallest absolute Gasteiger partial charge is 0.319 e. The predicted octanol–water partition coefficient (Wildman–Crippen LogP) is 2.86. The number of aryl methyl sites for hydroxylation is 1. The van der Waals surface area contributed by atoms with Crippen LogP contribution in [0.25, 0.3) is 11.1 Å². The summed E-state index contributed by atoms with van der Waals surface area (Å²) >= 11 is 0. The SMILES string of the molecule is COC(=O)CS(=O)(CC(=O)OC)=NC(=O)c1cncc(-c2cccc(NC(=O)c3occc3C)c2)c1. The van der Waals surface area contributed by atoms with E-state index >= 15 is 0 Å². The number of pyridine rings is 1. The van der Waals surface area contributed by atoms with Crippen molar-refractivity contribution in [3.05, 3.63) is 71.9 Å². The highest BCUT2D eigenvalue weighted by Gasteiger charge is 2.23. The third-order valence-electron chi connectivity index (χ3n) is 4.90. The number of anilines is 1. The van der Waals surface area contributed by atoms with E-state index in [9.17, 15) is 23.4 Å². The molecule has 11 nitrogen and oxygen atoms in total. The number of nitrogens with one attached hydrogen (secondary N) is 1. The average molecular weight is 514 g/mol. The fourth-order valence-electron chi connectivity index (χ4n) is 3.09. The van der Waals surface area contributed by atoms with Crippen LogP contribution in [0.15, 0.2) is 63.8 Å². The molecule has 3 aromatic rings. The molecule has 3 rings (SSSR count). The topological polar surface area (TPSA) is 154 Å². The Kier molecular flexibility index (Phi) is 8.33. The maximum Gasteiger partial charge on any atom is 0.319 e. The highest BCUT2D eigenvalue weighted by atomic mass is 32.2. The van der Waals surface area contributed by atoms with E-state index in [0.717, 1.165) is 14.2 Å². The molecule has 188 valence electrons. The first-order valence-electron chi connectivity index (χ1n) is 10.5. The lowest BCUT2D eigenvalue weighted by Crippen LogP contribution is -2.26. The van der Waals surface area contributed by atoms with Crippen LogP contribution < -0.4 is 5.32 Å². The molecule has 1 N–H and O–H groups in total. The third-order valence-corrected chi connectivity index (χ3v) is 6.77. The first-order chi connectivity index (χ1) is 17.1. The number of methoxy groups -OCH3 is 2. The zero-order valence-corrected chi connectivity index (χ0v) is 20.5. The van der Waals surface area contributed by atoms with E-state index < -0.39 is 45.0 Å².